The molecule has 4 heteroatoms. The van der Waals surface area contributed by atoms with Gasteiger partial charge >= 0.3 is 0 Å². The minimum absolute atomic E-state index is 0.0312. The summed E-state index contributed by atoms with van der Waals surface area (Å²) in [5, 5.41) is 7.95. The smallest absolute Gasteiger partial charge is 0.130 e. The quantitative estimate of drug-likeness (QED) is 0.613. The van der Waals surface area contributed by atoms with Crippen LogP contribution in [0.5, 0.6) is 5.75 Å². The van der Waals surface area contributed by atoms with Gasteiger partial charge in [0.1, 0.15) is 11.6 Å². The van der Waals surface area contributed by atoms with Crippen molar-refractivity contribution in [1.29, 1.82) is 5.41 Å². The number of ether oxygens (including phenoxy) is 1. The van der Waals surface area contributed by atoms with Gasteiger partial charge in [-0.1, -0.05) is 25.4 Å². The van der Waals surface area contributed by atoms with Crippen molar-refractivity contribution in [3.05, 3.63) is 28.8 Å². The molecule has 0 radical (unpaired) electrons. The third-order valence-corrected chi connectivity index (χ3v) is 2.04. The first-order chi connectivity index (χ1) is 7.00. The van der Waals surface area contributed by atoms with Gasteiger partial charge in [0, 0.05) is 5.02 Å². The Hall–Kier alpha value is -1.22. The largest absolute Gasteiger partial charge is 0.493 e. The molecule has 1 aromatic rings. The van der Waals surface area contributed by atoms with Gasteiger partial charge in [0.15, 0.2) is 0 Å². The zero-order valence-corrected chi connectivity index (χ0v) is 9.64. The molecule has 0 saturated carbocycles. The average molecular weight is 227 g/mol. The van der Waals surface area contributed by atoms with Gasteiger partial charge in [-0.3, -0.25) is 5.41 Å². The van der Waals surface area contributed by atoms with Gasteiger partial charge in [0.2, 0.25) is 0 Å². The fraction of sp³-hybridized carbons (Fsp3) is 0.364. The van der Waals surface area contributed by atoms with Gasteiger partial charge < -0.3 is 10.5 Å². The zero-order chi connectivity index (χ0) is 11.4. The number of nitrogens with two attached hydrogens (primary N) is 1. The number of nitrogen functional groups attached to an aromatic ring is 1. The lowest BCUT2D eigenvalue weighted by molar-refractivity contribution is 0.270. The van der Waals surface area contributed by atoms with Crippen LogP contribution in [0, 0.1) is 11.3 Å². The van der Waals surface area contributed by atoms with Crippen molar-refractivity contribution in [2.75, 3.05) is 6.61 Å². The summed E-state index contributed by atoms with van der Waals surface area (Å²) < 4.78 is 5.54. The molecule has 0 aromatic heterocycles. The van der Waals surface area contributed by atoms with E-state index in [1.54, 1.807) is 18.2 Å². The molecular weight excluding hydrogens is 212 g/mol. The molecule has 0 spiro atoms. The van der Waals surface area contributed by atoms with Crippen LogP contribution in [-0.4, -0.2) is 12.4 Å². The number of nitrogens with one attached hydrogen (secondary N) is 1. The van der Waals surface area contributed by atoms with Crippen molar-refractivity contribution in [1.82, 2.24) is 0 Å². The molecule has 0 amide bonds. The van der Waals surface area contributed by atoms with Gasteiger partial charge in [-0.05, 0) is 24.1 Å². The summed E-state index contributed by atoms with van der Waals surface area (Å²) in [5.41, 5.74) is 5.98. The molecule has 0 saturated heterocycles. The van der Waals surface area contributed by atoms with Crippen molar-refractivity contribution in [2.24, 2.45) is 11.7 Å². The third-order valence-electron chi connectivity index (χ3n) is 1.80. The highest BCUT2D eigenvalue weighted by molar-refractivity contribution is 6.31. The highest BCUT2D eigenvalue weighted by Crippen LogP contribution is 2.22. The minimum Gasteiger partial charge on any atom is -0.493 e. The first-order valence-corrected chi connectivity index (χ1v) is 5.15. The lowest BCUT2D eigenvalue weighted by atomic mass is 10.2. The van der Waals surface area contributed by atoms with Gasteiger partial charge in [-0.15, -0.1) is 0 Å². The number of hydrogen-bond acceptors (Lipinski definition) is 2. The standard InChI is InChI=1S/C11H15ClN2O/c1-7(2)6-15-10-4-3-8(12)5-9(10)11(13)14/h3-5,7H,6H2,1-2H3,(H3,13,14). The van der Waals surface area contributed by atoms with E-state index >= 15 is 0 Å². The average Bonchev–Trinajstić information content (AvgIpc) is 2.15. The van der Waals surface area contributed by atoms with Crippen molar-refractivity contribution < 1.29 is 4.74 Å². The highest BCUT2D eigenvalue weighted by atomic mass is 35.5. The Morgan fingerprint density at radius 1 is 1.53 bits per heavy atom. The molecule has 0 unspecified atom stereocenters. The molecule has 1 rings (SSSR count). The Bertz CT molecular complexity index is 364. The molecule has 0 atom stereocenters. The van der Waals surface area contributed by atoms with Crippen LogP contribution in [0.2, 0.25) is 5.02 Å². The van der Waals surface area contributed by atoms with E-state index in [1.165, 1.54) is 0 Å². The number of hydrogen-bond donors (Lipinski definition) is 2. The van der Waals surface area contributed by atoms with Crippen molar-refractivity contribution in [3.63, 3.8) is 0 Å². The normalized spacial score (nSPS) is 10.4. The molecule has 3 nitrogen and oxygen atoms in total. The summed E-state index contributed by atoms with van der Waals surface area (Å²) in [4.78, 5) is 0. The molecule has 0 heterocycles. The fourth-order valence-corrected chi connectivity index (χ4v) is 1.27. The van der Waals surface area contributed by atoms with Gasteiger partial charge in [0.05, 0.1) is 12.2 Å². The van der Waals surface area contributed by atoms with E-state index in [0.29, 0.717) is 28.9 Å². The van der Waals surface area contributed by atoms with E-state index in [9.17, 15) is 0 Å². The van der Waals surface area contributed by atoms with Crippen LogP contribution < -0.4 is 10.5 Å². The van der Waals surface area contributed by atoms with E-state index in [-0.39, 0.29) is 5.84 Å². The zero-order valence-electron chi connectivity index (χ0n) is 8.88. The summed E-state index contributed by atoms with van der Waals surface area (Å²) in [6.07, 6.45) is 0. The minimum atomic E-state index is -0.0312. The molecule has 0 bridgehead atoms. The molecule has 3 N–H and O–H groups in total. The SMILES string of the molecule is CC(C)COc1ccc(Cl)cc1C(=N)N. The summed E-state index contributed by atoms with van der Waals surface area (Å²) in [6, 6.07) is 5.10. The van der Waals surface area contributed by atoms with E-state index < -0.39 is 0 Å². The first kappa shape index (κ1) is 11.9. The molecular formula is C11H15ClN2O. The van der Waals surface area contributed by atoms with Crippen LogP contribution >= 0.6 is 11.6 Å². The first-order valence-electron chi connectivity index (χ1n) is 4.77. The van der Waals surface area contributed by atoms with E-state index in [0.717, 1.165) is 0 Å². The van der Waals surface area contributed by atoms with E-state index in [2.05, 4.69) is 13.8 Å². The highest BCUT2D eigenvalue weighted by Gasteiger charge is 2.08. The predicted molar refractivity (Wildman–Crippen MR) is 62.8 cm³/mol. The van der Waals surface area contributed by atoms with Gasteiger partial charge in [-0.25, -0.2) is 0 Å². The maximum Gasteiger partial charge on any atom is 0.130 e. The molecule has 0 fully saturated rings. The predicted octanol–water partition coefficient (Wildman–Crippen LogP) is 2.66. The number of halogens is 1. The van der Waals surface area contributed by atoms with Crippen molar-refractivity contribution >= 4 is 17.4 Å². The van der Waals surface area contributed by atoms with Crippen molar-refractivity contribution in [2.45, 2.75) is 13.8 Å². The maximum atomic E-state index is 7.40. The summed E-state index contributed by atoms with van der Waals surface area (Å²) in [7, 11) is 0. The van der Waals surface area contributed by atoms with Crippen LogP contribution in [0.25, 0.3) is 0 Å². The molecule has 0 aliphatic heterocycles. The Morgan fingerprint density at radius 3 is 2.73 bits per heavy atom. The summed E-state index contributed by atoms with van der Waals surface area (Å²) >= 11 is 5.82. The van der Waals surface area contributed by atoms with E-state index in [1.807, 2.05) is 0 Å². The molecule has 15 heavy (non-hydrogen) atoms. The van der Waals surface area contributed by atoms with Crippen molar-refractivity contribution in [3.8, 4) is 5.75 Å². The third kappa shape index (κ3) is 3.44. The molecule has 1 aromatic carbocycles. The van der Waals surface area contributed by atoms with Crippen LogP contribution in [0.15, 0.2) is 18.2 Å². The second-order valence-corrected chi connectivity index (χ2v) is 4.20. The van der Waals surface area contributed by atoms with Gasteiger partial charge in [0.25, 0.3) is 0 Å². The number of benzene rings is 1. The van der Waals surface area contributed by atoms with Gasteiger partial charge in [-0.2, -0.15) is 0 Å². The molecule has 0 aliphatic rings. The summed E-state index contributed by atoms with van der Waals surface area (Å²) in [5.74, 6) is 1.01. The molecule has 82 valence electrons. The monoisotopic (exact) mass is 226 g/mol. The van der Waals surface area contributed by atoms with Crippen LogP contribution in [-0.2, 0) is 0 Å². The number of amidine groups is 1. The number of rotatable bonds is 4. The lowest BCUT2D eigenvalue weighted by Gasteiger charge is -2.12. The Kier molecular flexibility index (Phi) is 3.97. The van der Waals surface area contributed by atoms with E-state index in [4.69, 9.17) is 27.5 Å². The van der Waals surface area contributed by atoms with Crippen LogP contribution in [0.4, 0.5) is 0 Å². The second kappa shape index (κ2) is 5.03. The Labute approximate surface area is 94.7 Å². The second-order valence-electron chi connectivity index (χ2n) is 3.76. The Morgan fingerprint density at radius 2 is 2.20 bits per heavy atom. The summed E-state index contributed by atoms with van der Waals surface area (Å²) in [6.45, 7) is 4.72. The lowest BCUT2D eigenvalue weighted by Crippen LogP contribution is -2.14. The van der Waals surface area contributed by atoms with Crippen LogP contribution in [0.3, 0.4) is 0 Å². The topological polar surface area (TPSA) is 59.1 Å². The maximum absolute atomic E-state index is 7.40. The Balaban J connectivity index is 2.91. The fourth-order valence-electron chi connectivity index (χ4n) is 1.09. The molecule has 0 aliphatic carbocycles. The van der Waals surface area contributed by atoms with Crippen LogP contribution in [0.1, 0.15) is 19.4 Å².